The number of nitrogens with zero attached hydrogens (tertiary/aromatic N) is 2. The molecule has 1 aromatic rings. The van der Waals surface area contributed by atoms with Gasteiger partial charge >= 0.3 is 0 Å². The van der Waals surface area contributed by atoms with Crippen molar-refractivity contribution in [2.45, 2.75) is 19.4 Å². The lowest BCUT2D eigenvalue weighted by Crippen LogP contribution is -2.46. The van der Waals surface area contributed by atoms with Crippen LogP contribution in [0, 0.1) is 0 Å². The molecule has 3 heterocycles. The van der Waals surface area contributed by atoms with Crippen LogP contribution >= 0.6 is 0 Å². The SMILES string of the molecule is CNN1CC2=C(c3cccnc31)C(C)NC(=O)C2. The normalized spacial score (nSPS) is 22.4. The number of carbonyl (C=O) groups excluding carboxylic acids is 1. The van der Waals surface area contributed by atoms with Crippen LogP contribution in [0.4, 0.5) is 5.82 Å². The smallest absolute Gasteiger partial charge is 0.224 e. The van der Waals surface area contributed by atoms with E-state index in [0.717, 1.165) is 11.4 Å². The van der Waals surface area contributed by atoms with Crippen LogP contribution in [0.5, 0.6) is 0 Å². The topological polar surface area (TPSA) is 57.3 Å². The van der Waals surface area contributed by atoms with Crippen LogP contribution in [0.1, 0.15) is 18.9 Å². The van der Waals surface area contributed by atoms with Gasteiger partial charge in [-0.1, -0.05) is 0 Å². The van der Waals surface area contributed by atoms with Gasteiger partial charge in [-0.25, -0.2) is 10.4 Å². The van der Waals surface area contributed by atoms with Gasteiger partial charge in [0.1, 0.15) is 0 Å². The molecule has 0 bridgehead atoms. The lowest BCUT2D eigenvalue weighted by molar-refractivity contribution is -0.121. The molecule has 1 unspecified atom stereocenters. The van der Waals surface area contributed by atoms with Gasteiger partial charge in [0.2, 0.25) is 5.91 Å². The number of nitrogens with one attached hydrogen (secondary N) is 2. The summed E-state index contributed by atoms with van der Waals surface area (Å²) in [6.07, 6.45) is 2.27. The number of hydrazine groups is 1. The maximum absolute atomic E-state index is 11.6. The van der Waals surface area contributed by atoms with Gasteiger partial charge in [-0.3, -0.25) is 9.80 Å². The van der Waals surface area contributed by atoms with Gasteiger partial charge in [-0.15, -0.1) is 0 Å². The Morgan fingerprint density at radius 1 is 1.56 bits per heavy atom. The molecule has 1 amide bonds. The van der Waals surface area contributed by atoms with Crippen molar-refractivity contribution in [2.75, 3.05) is 18.6 Å². The summed E-state index contributed by atoms with van der Waals surface area (Å²) in [5.41, 5.74) is 6.65. The van der Waals surface area contributed by atoms with E-state index in [0.29, 0.717) is 13.0 Å². The lowest BCUT2D eigenvalue weighted by atomic mass is 9.87. The molecule has 0 radical (unpaired) electrons. The standard InChI is InChI=1S/C13H16N4O/c1-8-12-9(6-11(18)16-8)7-17(14-2)13-10(12)4-3-5-15-13/h3-5,8,14H,6-7H2,1-2H3,(H,16,18). The Balaban J connectivity index is 2.16. The first-order valence-electron chi connectivity index (χ1n) is 6.12. The van der Waals surface area contributed by atoms with Crippen molar-refractivity contribution in [3.63, 3.8) is 0 Å². The number of fused-ring (bicyclic) bond motifs is 2. The Kier molecular flexibility index (Phi) is 2.56. The van der Waals surface area contributed by atoms with Crippen LogP contribution in [-0.4, -0.2) is 30.5 Å². The van der Waals surface area contributed by atoms with E-state index in [2.05, 4.69) is 21.8 Å². The average molecular weight is 244 g/mol. The summed E-state index contributed by atoms with van der Waals surface area (Å²) in [6.45, 7) is 2.74. The highest BCUT2D eigenvalue weighted by molar-refractivity contribution is 5.93. The molecule has 0 aromatic carbocycles. The molecule has 2 aliphatic rings. The van der Waals surface area contributed by atoms with Crippen molar-refractivity contribution in [1.82, 2.24) is 15.7 Å². The van der Waals surface area contributed by atoms with Crippen molar-refractivity contribution in [1.29, 1.82) is 0 Å². The first-order chi connectivity index (χ1) is 8.70. The number of hydrogen-bond donors (Lipinski definition) is 2. The van der Waals surface area contributed by atoms with E-state index in [1.54, 1.807) is 6.20 Å². The van der Waals surface area contributed by atoms with E-state index in [1.807, 2.05) is 25.0 Å². The van der Waals surface area contributed by atoms with Gasteiger partial charge < -0.3 is 5.32 Å². The monoisotopic (exact) mass is 244 g/mol. The fourth-order valence-electron chi connectivity index (χ4n) is 2.80. The molecule has 5 nitrogen and oxygen atoms in total. The van der Waals surface area contributed by atoms with E-state index in [4.69, 9.17) is 0 Å². The van der Waals surface area contributed by atoms with Crippen molar-refractivity contribution in [2.24, 2.45) is 0 Å². The molecule has 0 aliphatic carbocycles. The van der Waals surface area contributed by atoms with E-state index < -0.39 is 0 Å². The van der Waals surface area contributed by atoms with Gasteiger partial charge in [0, 0.05) is 18.8 Å². The number of amides is 1. The number of pyridine rings is 1. The van der Waals surface area contributed by atoms with E-state index >= 15 is 0 Å². The molecular formula is C13H16N4O. The van der Waals surface area contributed by atoms with Gasteiger partial charge in [0.05, 0.1) is 19.0 Å². The minimum Gasteiger partial charge on any atom is -0.349 e. The van der Waals surface area contributed by atoms with Crippen LogP contribution in [0.2, 0.25) is 0 Å². The van der Waals surface area contributed by atoms with Crippen LogP contribution < -0.4 is 15.8 Å². The van der Waals surface area contributed by atoms with E-state index in [-0.39, 0.29) is 11.9 Å². The van der Waals surface area contributed by atoms with Crippen LogP contribution in [0.15, 0.2) is 23.9 Å². The third-order valence-corrected chi connectivity index (χ3v) is 3.52. The summed E-state index contributed by atoms with van der Waals surface area (Å²) in [5, 5.41) is 4.97. The molecule has 3 rings (SSSR count). The van der Waals surface area contributed by atoms with Gasteiger partial charge in [0.25, 0.3) is 0 Å². The maximum atomic E-state index is 11.6. The van der Waals surface area contributed by atoms with Crippen molar-refractivity contribution in [3.8, 4) is 0 Å². The minimum atomic E-state index is 0.0585. The Morgan fingerprint density at radius 2 is 2.39 bits per heavy atom. The van der Waals surface area contributed by atoms with Crippen LogP contribution in [0.25, 0.3) is 5.57 Å². The number of aromatic nitrogens is 1. The third-order valence-electron chi connectivity index (χ3n) is 3.52. The Labute approximate surface area is 106 Å². The molecule has 1 aromatic heterocycles. The predicted molar refractivity (Wildman–Crippen MR) is 69.8 cm³/mol. The van der Waals surface area contributed by atoms with Gasteiger partial charge in [0.15, 0.2) is 5.82 Å². The zero-order chi connectivity index (χ0) is 12.7. The highest BCUT2D eigenvalue weighted by Crippen LogP contribution is 2.37. The van der Waals surface area contributed by atoms with Crippen LogP contribution in [0.3, 0.4) is 0 Å². The predicted octanol–water partition coefficient (Wildman–Crippen LogP) is 0.698. The molecule has 94 valence electrons. The fourth-order valence-corrected chi connectivity index (χ4v) is 2.80. The molecule has 0 fully saturated rings. The molecule has 0 saturated heterocycles. The Bertz CT molecular complexity index is 538. The zero-order valence-corrected chi connectivity index (χ0v) is 10.5. The van der Waals surface area contributed by atoms with Gasteiger partial charge in [-0.05, 0) is 30.2 Å². The minimum absolute atomic E-state index is 0.0585. The summed E-state index contributed by atoms with van der Waals surface area (Å²) in [7, 11) is 1.87. The quantitative estimate of drug-likeness (QED) is 0.763. The molecule has 1 atom stereocenters. The lowest BCUT2D eigenvalue weighted by Gasteiger charge is -2.37. The number of rotatable bonds is 1. The largest absolute Gasteiger partial charge is 0.349 e. The number of carbonyl (C=O) groups is 1. The van der Waals surface area contributed by atoms with Crippen molar-refractivity contribution >= 4 is 17.3 Å². The maximum Gasteiger partial charge on any atom is 0.224 e. The molecule has 2 aliphatic heterocycles. The summed E-state index contributed by atoms with van der Waals surface area (Å²) in [5.74, 6) is 1.03. The summed E-state index contributed by atoms with van der Waals surface area (Å²) < 4.78 is 0. The molecule has 18 heavy (non-hydrogen) atoms. The molecule has 5 heteroatoms. The van der Waals surface area contributed by atoms with Crippen molar-refractivity contribution in [3.05, 3.63) is 29.5 Å². The third kappa shape index (κ3) is 1.59. The molecule has 0 spiro atoms. The average Bonchev–Trinajstić information content (AvgIpc) is 2.36. The molecule has 0 saturated carbocycles. The first-order valence-corrected chi connectivity index (χ1v) is 6.12. The Morgan fingerprint density at radius 3 is 3.17 bits per heavy atom. The van der Waals surface area contributed by atoms with Gasteiger partial charge in [-0.2, -0.15) is 0 Å². The van der Waals surface area contributed by atoms with E-state index in [1.165, 1.54) is 11.1 Å². The molecular weight excluding hydrogens is 228 g/mol. The number of anilines is 1. The first kappa shape index (κ1) is 11.2. The summed E-state index contributed by atoms with van der Waals surface area (Å²) in [6, 6.07) is 4.06. The van der Waals surface area contributed by atoms with Crippen molar-refractivity contribution < 1.29 is 4.79 Å². The summed E-state index contributed by atoms with van der Waals surface area (Å²) >= 11 is 0. The summed E-state index contributed by atoms with van der Waals surface area (Å²) in [4.78, 5) is 16.1. The van der Waals surface area contributed by atoms with E-state index in [9.17, 15) is 4.79 Å². The number of hydrogen-bond acceptors (Lipinski definition) is 4. The molecule has 2 N–H and O–H groups in total. The van der Waals surface area contributed by atoms with Crippen LogP contribution in [-0.2, 0) is 4.79 Å². The highest BCUT2D eigenvalue weighted by Gasteiger charge is 2.32. The zero-order valence-electron chi connectivity index (χ0n) is 10.5. The second-order valence-electron chi connectivity index (χ2n) is 4.67. The second-order valence-corrected chi connectivity index (χ2v) is 4.67. The second kappa shape index (κ2) is 4.10. The fraction of sp³-hybridized carbons (Fsp3) is 0.385. The highest BCUT2D eigenvalue weighted by atomic mass is 16.1. The Hall–Kier alpha value is -1.88.